The van der Waals surface area contributed by atoms with Crippen LogP contribution < -0.4 is 10.5 Å². The third-order valence-electron chi connectivity index (χ3n) is 3.11. The topological polar surface area (TPSA) is 48.1 Å². The molecule has 0 bridgehead atoms. The van der Waals surface area contributed by atoms with Crippen molar-refractivity contribution in [2.45, 2.75) is 32.7 Å². The summed E-state index contributed by atoms with van der Waals surface area (Å²) in [4.78, 5) is 4.63. The molecular weight excluding hydrogens is 224 g/mol. The van der Waals surface area contributed by atoms with Crippen LogP contribution in [0.1, 0.15) is 31.9 Å². The van der Waals surface area contributed by atoms with Crippen LogP contribution in [0.2, 0.25) is 0 Å². The molecule has 0 saturated heterocycles. The Balaban J connectivity index is 2.77. The number of hydrogen-bond donors (Lipinski definition) is 1. The zero-order chi connectivity index (χ0) is 13.3. The Morgan fingerprint density at radius 1 is 1.28 bits per heavy atom. The molecule has 0 spiro atoms. The Hall–Kier alpha value is -1.61. The predicted molar refractivity (Wildman–Crippen MR) is 74.9 cm³/mol. The SMILES string of the molecule is COc1nc2c(C(C)(C)C)cccc2cc1CN. The van der Waals surface area contributed by atoms with Gasteiger partial charge in [-0.2, -0.15) is 0 Å². The Morgan fingerprint density at radius 2 is 2.00 bits per heavy atom. The van der Waals surface area contributed by atoms with Crippen LogP contribution in [-0.2, 0) is 12.0 Å². The number of nitrogens with zero attached hydrogens (tertiary/aromatic N) is 1. The van der Waals surface area contributed by atoms with E-state index in [0.29, 0.717) is 12.4 Å². The van der Waals surface area contributed by atoms with E-state index in [4.69, 9.17) is 10.5 Å². The molecule has 0 aliphatic heterocycles. The van der Waals surface area contributed by atoms with Crippen molar-refractivity contribution in [2.75, 3.05) is 7.11 Å². The zero-order valence-electron chi connectivity index (χ0n) is 11.4. The van der Waals surface area contributed by atoms with E-state index >= 15 is 0 Å². The highest BCUT2D eigenvalue weighted by Gasteiger charge is 2.18. The summed E-state index contributed by atoms with van der Waals surface area (Å²) in [5.74, 6) is 0.627. The molecule has 0 atom stereocenters. The molecule has 2 rings (SSSR count). The lowest BCUT2D eigenvalue weighted by Crippen LogP contribution is -2.13. The van der Waals surface area contributed by atoms with Crippen LogP contribution in [0.5, 0.6) is 5.88 Å². The Morgan fingerprint density at radius 3 is 2.56 bits per heavy atom. The number of aromatic nitrogens is 1. The van der Waals surface area contributed by atoms with Crippen molar-refractivity contribution < 1.29 is 4.74 Å². The Kier molecular flexibility index (Phi) is 3.26. The smallest absolute Gasteiger partial charge is 0.218 e. The first-order valence-electron chi connectivity index (χ1n) is 6.14. The van der Waals surface area contributed by atoms with Gasteiger partial charge in [0.15, 0.2) is 0 Å². The standard InChI is InChI=1S/C15H20N2O/c1-15(2,3)12-7-5-6-10-8-11(9-16)14(18-4)17-13(10)12/h5-8H,9,16H2,1-4H3. The molecule has 1 aromatic carbocycles. The summed E-state index contributed by atoms with van der Waals surface area (Å²) in [5.41, 5.74) is 8.94. The zero-order valence-corrected chi connectivity index (χ0v) is 11.4. The molecule has 0 unspecified atom stereocenters. The average molecular weight is 244 g/mol. The van der Waals surface area contributed by atoms with Crippen molar-refractivity contribution in [1.29, 1.82) is 0 Å². The summed E-state index contributed by atoms with van der Waals surface area (Å²) in [5, 5.41) is 1.11. The second kappa shape index (κ2) is 4.58. The molecule has 0 amide bonds. The Labute approximate surface area is 108 Å². The largest absolute Gasteiger partial charge is 0.481 e. The third-order valence-corrected chi connectivity index (χ3v) is 3.11. The van der Waals surface area contributed by atoms with Crippen LogP contribution in [0.4, 0.5) is 0 Å². The molecule has 2 aromatic rings. The van der Waals surface area contributed by atoms with Gasteiger partial charge in [0.25, 0.3) is 0 Å². The monoisotopic (exact) mass is 244 g/mol. The van der Waals surface area contributed by atoms with Crippen LogP contribution in [-0.4, -0.2) is 12.1 Å². The van der Waals surface area contributed by atoms with Gasteiger partial charge in [-0.3, -0.25) is 0 Å². The van der Waals surface area contributed by atoms with Crippen molar-refractivity contribution >= 4 is 10.9 Å². The van der Waals surface area contributed by atoms with Crippen molar-refractivity contribution in [3.63, 3.8) is 0 Å². The second-order valence-electron chi connectivity index (χ2n) is 5.49. The van der Waals surface area contributed by atoms with Gasteiger partial charge in [-0.1, -0.05) is 39.0 Å². The summed E-state index contributed by atoms with van der Waals surface area (Å²) in [7, 11) is 1.63. The van der Waals surface area contributed by atoms with Crippen molar-refractivity contribution in [3.8, 4) is 5.88 Å². The maximum absolute atomic E-state index is 5.72. The highest BCUT2D eigenvalue weighted by Crippen LogP contribution is 2.31. The summed E-state index contributed by atoms with van der Waals surface area (Å²) in [6.07, 6.45) is 0. The number of ether oxygens (including phenoxy) is 1. The van der Waals surface area contributed by atoms with Gasteiger partial charge in [0.05, 0.1) is 12.6 Å². The second-order valence-corrected chi connectivity index (χ2v) is 5.49. The van der Waals surface area contributed by atoms with E-state index in [9.17, 15) is 0 Å². The fraction of sp³-hybridized carbons (Fsp3) is 0.400. The lowest BCUT2D eigenvalue weighted by molar-refractivity contribution is 0.394. The molecule has 0 aliphatic carbocycles. The van der Waals surface area contributed by atoms with E-state index < -0.39 is 0 Å². The van der Waals surface area contributed by atoms with Gasteiger partial charge in [-0.05, 0) is 17.0 Å². The maximum atomic E-state index is 5.72. The van der Waals surface area contributed by atoms with E-state index in [-0.39, 0.29) is 5.41 Å². The van der Waals surface area contributed by atoms with Gasteiger partial charge in [0.2, 0.25) is 5.88 Å². The number of benzene rings is 1. The van der Waals surface area contributed by atoms with Gasteiger partial charge < -0.3 is 10.5 Å². The number of nitrogens with two attached hydrogens (primary N) is 1. The molecule has 0 aliphatic rings. The Bertz CT molecular complexity index is 570. The summed E-state index contributed by atoms with van der Waals surface area (Å²) < 4.78 is 5.32. The molecule has 3 heteroatoms. The number of para-hydroxylation sites is 1. The first kappa shape index (κ1) is 12.8. The van der Waals surface area contributed by atoms with Crippen LogP contribution in [0.3, 0.4) is 0 Å². The molecule has 3 nitrogen and oxygen atoms in total. The molecule has 0 saturated carbocycles. The number of rotatable bonds is 2. The van der Waals surface area contributed by atoms with Gasteiger partial charge in [-0.25, -0.2) is 4.98 Å². The first-order valence-corrected chi connectivity index (χ1v) is 6.14. The van der Waals surface area contributed by atoms with E-state index in [0.717, 1.165) is 16.5 Å². The minimum atomic E-state index is 0.0573. The van der Waals surface area contributed by atoms with E-state index in [1.54, 1.807) is 7.11 Å². The van der Waals surface area contributed by atoms with E-state index in [2.05, 4.69) is 50.0 Å². The first-order chi connectivity index (χ1) is 8.47. The lowest BCUT2D eigenvalue weighted by atomic mass is 9.85. The molecule has 2 N–H and O–H groups in total. The van der Waals surface area contributed by atoms with Crippen LogP contribution in [0.15, 0.2) is 24.3 Å². The molecule has 1 aromatic heterocycles. The normalized spacial score (nSPS) is 11.8. The highest BCUT2D eigenvalue weighted by atomic mass is 16.5. The third kappa shape index (κ3) is 2.18. The van der Waals surface area contributed by atoms with Gasteiger partial charge in [0.1, 0.15) is 0 Å². The van der Waals surface area contributed by atoms with Crippen molar-refractivity contribution in [2.24, 2.45) is 5.73 Å². The minimum Gasteiger partial charge on any atom is -0.481 e. The molecule has 0 radical (unpaired) electrons. The summed E-state index contributed by atoms with van der Waals surface area (Å²) in [6, 6.07) is 8.32. The van der Waals surface area contributed by atoms with Crippen molar-refractivity contribution in [1.82, 2.24) is 4.98 Å². The molecule has 1 heterocycles. The van der Waals surface area contributed by atoms with Crippen molar-refractivity contribution in [3.05, 3.63) is 35.4 Å². The van der Waals surface area contributed by atoms with Gasteiger partial charge in [-0.15, -0.1) is 0 Å². The van der Waals surface area contributed by atoms with E-state index in [1.807, 2.05) is 0 Å². The number of methoxy groups -OCH3 is 1. The van der Waals surface area contributed by atoms with Crippen LogP contribution >= 0.6 is 0 Å². The summed E-state index contributed by atoms with van der Waals surface area (Å²) >= 11 is 0. The van der Waals surface area contributed by atoms with E-state index in [1.165, 1.54) is 5.56 Å². The number of pyridine rings is 1. The molecule has 18 heavy (non-hydrogen) atoms. The fourth-order valence-corrected chi connectivity index (χ4v) is 2.15. The van der Waals surface area contributed by atoms with Crippen LogP contribution in [0.25, 0.3) is 10.9 Å². The number of fused-ring (bicyclic) bond motifs is 1. The van der Waals surface area contributed by atoms with Crippen LogP contribution in [0, 0.1) is 0 Å². The quantitative estimate of drug-likeness (QED) is 0.883. The molecule has 0 fully saturated rings. The van der Waals surface area contributed by atoms with Gasteiger partial charge in [0, 0.05) is 17.5 Å². The highest BCUT2D eigenvalue weighted by molar-refractivity contribution is 5.84. The molecule has 96 valence electrons. The fourth-order valence-electron chi connectivity index (χ4n) is 2.15. The molecular formula is C15H20N2O. The van der Waals surface area contributed by atoms with Gasteiger partial charge >= 0.3 is 0 Å². The predicted octanol–water partition coefficient (Wildman–Crippen LogP) is 3.00. The maximum Gasteiger partial charge on any atom is 0.218 e. The summed E-state index contributed by atoms with van der Waals surface area (Å²) in [6.45, 7) is 7.00. The average Bonchev–Trinajstić information content (AvgIpc) is 2.35. The minimum absolute atomic E-state index is 0.0573. The number of hydrogen-bond acceptors (Lipinski definition) is 3. The lowest BCUT2D eigenvalue weighted by Gasteiger charge is -2.21.